The number of halogens is 3. The van der Waals surface area contributed by atoms with Crippen molar-refractivity contribution in [3.8, 4) is 0 Å². The molecule has 3 aromatic carbocycles. The average Bonchev–Trinajstić information content (AvgIpc) is 2.63. The number of nitrogens with one attached hydrogen (secondary N) is 1. The second kappa shape index (κ2) is 7.75. The van der Waals surface area contributed by atoms with Gasteiger partial charge in [-0.3, -0.25) is 0 Å². The zero-order valence-electron chi connectivity index (χ0n) is 13.8. The van der Waals surface area contributed by atoms with E-state index in [9.17, 15) is 23.1 Å². The highest BCUT2D eigenvalue weighted by Crippen LogP contribution is 2.33. The number of carboxylic acids is 1. The first-order valence-corrected chi connectivity index (χ1v) is 8.69. The molecule has 0 saturated carbocycles. The lowest BCUT2D eigenvalue weighted by molar-refractivity contribution is -0.137. The number of hydrogen-bond acceptors (Lipinski definition) is 3. The first-order chi connectivity index (χ1) is 12.8. The number of carboxylic acid groups (broad SMARTS) is 1. The third kappa shape index (κ3) is 4.83. The van der Waals surface area contributed by atoms with E-state index in [0.29, 0.717) is 16.3 Å². The zero-order valence-corrected chi connectivity index (χ0v) is 14.6. The Hall–Kier alpha value is -2.93. The van der Waals surface area contributed by atoms with Crippen LogP contribution in [-0.4, -0.2) is 11.1 Å². The fourth-order valence-corrected chi connectivity index (χ4v) is 3.20. The predicted molar refractivity (Wildman–Crippen MR) is 98.7 cm³/mol. The summed E-state index contributed by atoms with van der Waals surface area (Å²) in [4.78, 5) is 12.8. The van der Waals surface area contributed by atoms with Gasteiger partial charge in [-0.1, -0.05) is 23.9 Å². The van der Waals surface area contributed by atoms with Crippen LogP contribution in [0.25, 0.3) is 0 Å². The lowest BCUT2D eigenvalue weighted by atomic mass is 10.1. The van der Waals surface area contributed by atoms with Crippen LogP contribution < -0.4 is 5.32 Å². The molecule has 0 unspecified atom stereocenters. The molecule has 3 rings (SSSR count). The van der Waals surface area contributed by atoms with Gasteiger partial charge in [-0.25, -0.2) is 4.79 Å². The zero-order chi connectivity index (χ0) is 19.4. The first-order valence-electron chi connectivity index (χ1n) is 7.87. The van der Waals surface area contributed by atoms with Gasteiger partial charge in [0, 0.05) is 15.5 Å². The van der Waals surface area contributed by atoms with Crippen LogP contribution >= 0.6 is 11.8 Å². The van der Waals surface area contributed by atoms with Crippen molar-refractivity contribution in [3.05, 3.63) is 83.9 Å². The molecule has 0 amide bonds. The Morgan fingerprint density at radius 3 is 1.96 bits per heavy atom. The van der Waals surface area contributed by atoms with Gasteiger partial charge in [0.1, 0.15) is 0 Å². The molecule has 0 spiro atoms. The van der Waals surface area contributed by atoms with Gasteiger partial charge < -0.3 is 10.4 Å². The molecule has 3 aromatic rings. The number of anilines is 2. The van der Waals surface area contributed by atoms with Gasteiger partial charge in [0.15, 0.2) is 0 Å². The molecule has 0 fully saturated rings. The van der Waals surface area contributed by atoms with Crippen LogP contribution in [-0.2, 0) is 6.18 Å². The Balaban J connectivity index is 1.70. The third-order valence-electron chi connectivity index (χ3n) is 3.71. The Morgan fingerprint density at radius 2 is 1.41 bits per heavy atom. The maximum Gasteiger partial charge on any atom is 0.416 e. The topological polar surface area (TPSA) is 49.3 Å². The summed E-state index contributed by atoms with van der Waals surface area (Å²) in [6.07, 6.45) is -4.34. The molecule has 0 aromatic heterocycles. The Bertz CT molecular complexity index is 939. The molecule has 0 saturated heterocycles. The van der Waals surface area contributed by atoms with E-state index >= 15 is 0 Å². The minimum Gasteiger partial charge on any atom is -0.478 e. The summed E-state index contributed by atoms with van der Waals surface area (Å²) >= 11 is 1.34. The summed E-state index contributed by atoms with van der Waals surface area (Å²) < 4.78 is 37.8. The molecule has 0 radical (unpaired) electrons. The van der Waals surface area contributed by atoms with Crippen LogP contribution in [0.2, 0.25) is 0 Å². The lowest BCUT2D eigenvalue weighted by Gasteiger charge is -2.10. The highest BCUT2D eigenvalue weighted by atomic mass is 32.2. The summed E-state index contributed by atoms with van der Waals surface area (Å²) in [6, 6.07) is 18.8. The smallest absolute Gasteiger partial charge is 0.416 e. The quantitative estimate of drug-likeness (QED) is 0.538. The number of para-hydroxylation sites is 1. The second-order valence-electron chi connectivity index (χ2n) is 5.62. The molecule has 7 heteroatoms. The summed E-state index contributed by atoms with van der Waals surface area (Å²) in [5.74, 6) is -1.02. The van der Waals surface area contributed by atoms with Crippen molar-refractivity contribution in [2.24, 2.45) is 0 Å². The fourth-order valence-electron chi connectivity index (χ4n) is 2.39. The molecule has 138 valence electrons. The van der Waals surface area contributed by atoms with Gasteiger partial charge in [-0.05, 0) is 60.7 Å². The number of carbonyl (C=O) groups is 1. The monoisotopic (exact) mass is 389 g/mol. The average molecular weight is 389 g/mol. The lowest BCUT2D eigenvalue weighted by Crippen LogP contribution is -2.03. The van der Waals surface area contributed by atoms with E-state index in [1.54, 1.807) is 30.3 Å². The largest absolute Gasteiger partial charge is 0.478 e. The van der Waals surface area contributed by atoms with Crippen molar-refractivity contribution < 1.29 is 23.1 Å². The second-order valence-corrected chi connectivity index (χ2v) is 6.77. The Kier molecular flexibility index (Phi) is 5.41. The summed E-state index contributed by atoms with van der Waals surface area (Å²) in [5.41, 5.74) is 0.679. The number of rotatable bonds is 5. The number of benzene rings is 3. The van der Waals surface area contributed by atoms with Gasteiger partial charge in [-0.2, -0.15) is 13.2 Å². The molecular weight excluding hydrogens is 375 g/mol. The first kappa shape index (κ1) is 18.8. The molecule has 0 aliphatic heterocycles. The molecule has 2 N–H and O–H groups in total. The van der Waals surface area contributed by atoms with Crippen molar-refractivity contribution in [1.29, 1.82) is 0 Å². The van der Waals surface area contributed by atoms with Crippen LogP contribution in [0.4, 0.5) is 24.5 Å². The highest BCUT2D eigenvalue weighted by Gasteiger charge is 2.29. The summed E-state index contributed by atoms with van der Waals surface area (Å²) in [5, 5.41) is 12.3. The molecule has 0 aliphatic carbocycles. The minimum absolute atomic E-state index is 0.167. The molecule has 0 bridgehead atoms. The number of hydrogen-bond donors (Lipinski definition) is 2. The Morgan fingerprint density at radius 1 is 0.852 bits per heavy atom. The van der Waals surface area contributed by atoms with Crippen molar-refractivity contribution in [2.45, 2.75) is 16.0 Å². The van der Waals surface area contributed by atoms with Gasteiger partial charge in [0.05, 0.1) is 16.8 Å². The SMILES string of the molecule is O=C(O)c1ccccc1Nc1ccc(Sc2ccc(C(F)(F)F)cc2)cc1. The highest BCUT2D eigenvalue weighted by molar-refractivity contribution is 7.99. The van der Waals surface area contributed by atoms with E-state index in [-0.39, 0.29) is 5.56 Å². The van der Waals surface area contributed by atoms with E-state index in [1.165, 1.54) is 30.0 Å². The van der Waals surface area contributed by atoms with E-state index in [1.807, 2.05) is 12.1 Å². The normalized spacial score (nSPS) is 11.2. The molecule has 3 nitrogen and oxygen atoms in total. The van der Waals surface area contributed by atoms with Crippen LogP contribution in [0.3, 0.4) is 0 Å². The van der Waals surface area contributed by atoms with Crippen molar-refractivity contribution in [1.82, 2.24) is 0 Å². The summed E-state index contributed by atoms with van der Waals surface area (Å²) in [7, 11) is 0. The molecule has 0 aliphatic rings. The molecular formula is C20H14F3NO2S. The standard InChI is InChI=1S/C20H14F3NO2S/c21-20(22,23)13-5-9-15(10-6-13)27-16-11-7-14(8-12-16)24-18-4-2-1-3-17(18)19(25)26/h1-12,24H,(H,25,26). The Labute approximate surface area is 157 Å². The van der Waals surface area contributed by atoms with E-state index < -0.39 is 17.7 Å². The molecule has 0 heterocycles. The van der Waals surface area contributed by atoms with Crippen LogP contribution in [0.1, 0.15) is 15.9 Å². The van der Waals surface area contributed by atoms with Crippen molar-refractivity contribution >= 4 is 29.1 Å². The fraction of sp³-hybridized carbons (Fsp3) is 0.0500. The number of aromatic carboxylic acids is 1. The van der Waals surface area contributed by atoms with Gasteiger partial charge in [-0.15, -0.1) is 0 Å². The van der Waals surface area contributed by atoms with Crippen molar-refractivity contribution in [2.75, 3.05) is 5.32 Å². The molecule has 27 heavy (non-hydrogen) atoms. The number of alkyl halides is 3. The maximum absolute atomic E-state index is 12.6. The van der Waals surface area contributed by atoms with Crippen molar-refractivity contribution in [3.63, 3.8) is 0 Å². The molecule has 0 atom stereocenters. The maximum atomic E-state index is 12.6. The van der Waals surface area contributed by atoms with Gasteiger partial charge in [0.2, 0.25) is 0 Å². The van der Waals surface area contributed by atoms with E-state index in [0.717, 1.165) is 17.0 Å². The minimum atomic E-state index is -4.34. The van der Waals surface area contributed by atoms with Gasteiger partial charge in [0.25, 0.3) is 0 Å². The summed E-state index contributed by atoms with van der Waals surface area (Å²) in [6.45, 7) is 0. The predicted octanol–water partition coefficient (Wildman–Crippen LogP) is 6.30. The van der Waals surface area contributed by atoms with Crippen LogP contribution in [0, 0.1) is 0 Å². The van der Waals surface area contributed by atoms with Crippen LogP contribution in [0.5, 0.6) is 0 Å². The third-order valence-corrected chi connectivity index (χ3v) is 4.72. The van der Waals surface area contributed by atoms with E-state index in [2.05, 4.69) is 5.32 Å². The van der Waals surface area contributed by atoms with Crippen LogP contribution in [0.15, 0.2) is 82.6 Å². The van der Waals surface area contributed by atoms with Gasteiger partial charge >= 0.3 is 12.1 Å². The van der Waals surface area contributed by atoms with E-state index in [4.69, 9.17) is 0 Å².